The maximum absolute atomic E-state index is 12.5. The number of halogens is 2. The number of methoxy groups -OCH3 is 1. The Hall–Kier alpha value is -3.36. The standard InChI is InChI=1S/C21H22F2N6O/c1-30-16-4-2-3-14-18(16)27-21(25)29-20(14)28-19(24)13-8-12(9-13)15-6-5-11(10-26-15)7-17(22)23/h2-6,10,12-13,17H,7-9H2,1H3,(H4,24,25,27,28,29). The van der Waals surface area contributed by atoms with E-state index in [4.69, 9.17) is 16.2 Å². The molecule has 4 rings (SSSR count). The van der Waals surface area contributed by atoms with Crippen LogP contribution in [0.3, 0.4) is 0 Å². The van der Waals surface area contributed by atoms with Gasteiger partial charge in [-0.2, -0.15) is 4.98 Å². The third-order valence-electron chi connectivity index (χ3n) is 5.35. The Morgan fingerprint density at radius 2 is 2.03 bits per heavy atom. The fourth-order valence-corrected chi connectivity index (χ4v) is 3.67. The van der Waals surface area contributed by atoms with E-state index in [1.54, 1.807) is 19.2 Å². The number of nitrogens with zero attached hydrogens (tertiary/aromatic N) is 4. The quantitative estimate of drug-likeness (QED) is 0.472. The molecule has 30 heavy (non-hydrogen) atoms. The molecule has 0 amide bonds. The second-order valence-electron chi connectivity index (χ2n) is 7.35. The Morgan fingerprint density at radius 3 is 2.70 bits per heavy atom. The number of para-hydroxylation sites is 1. The molecule has 0 saturated heterocycles. The number of ether oxygens (including phenoxy) is 1. The van der Waals surface area contributed by atoms with Gasteiger partial charge in [0, 0.05) is 35.5 Å². The predicted molar refractivity (Wildman–Crippen MR) is 111 cm³/mol. The molecule has 2 heterocycles. The molecular weight excluding hydrogens is 390 g/mol. The van der Waals surface area contributed by atoms with Gasteiger partial charge in [0.05, 0.1) is 7.11 Å². The third kappa shape index (κ3) is 4.00. The second kappa shape index (κ2) is 8.17. The average molecular weight is 412 g/mol. The van der Waals surface area contributed by atoms with Gasteiger partial charge >= 0.3 is 0 Å². The number of rotatable bonds is 6. The molecule has 0 aliphatic heterocycles. The van der Waals surface area contributed by atoms with Gasteiger partial charge in [-0.15, -0.1) is 0 Å². The number of hydrogen-bond acceptors (Lipinski definition) is 6. The molecule has 1 aromatic carbocycles. The summed E-state index contributed by atoms with van der Waals surface area (Å²) < 4.78 is 30.3. The number of aromatic nitrogens is 3. The molecule has 2 aromatic heterocycles. The van der Waals surface area contributed by atoms with Crippen LogP contribution in [0.15, 0.2) is 41.5 Å². The van der Waals surface area contributed by atoms with Gasteiger partial charge < -0.3 is 16.2 Å². The average Bonchev–Trinajstić information content (AvgIpc) is 2.67. The molecular formula is C21H22F2N6O. The van der Waals surface area contributed by atoms with Gasteiger partial charge in [0.2, 0.25) is 12.4 Å². The van der Waals surface area contributed by atoms with E-state index in [-0.39, 0.29) is 24.2 Å². The molecule has 1 fully saturated rings. The summed E-state index contributed by atoms with van der Waals surface area (Å²) in [6, 6.07) is 9.00. The van der Waals surface area contributed by atoms with Crippen molar-refractivity contribution in [3.05, 3.63) is 47.8 Å². The maximum atomic E-state index is 12.5. The van der Waals surface area contributed by atoms with Crippen molar-refractivity contribution in [1.82, 2.24) is 15.0 Å². The highest BCUT2D eigenvalue weighted by molar-refractivity contribution is 5.96. The number of nitrogen functional groups attached to an aromatic ring is 1. The summed E-state index contributed by atoms with van der Waals surface area (Å²) in [7, 11) is 1.56. The lowest BCUT2D eigenvalue weighted by molar-refractivity contribution is 0.149. The van der Waals surface area contributed by atoms with Crippen molar-refractivity contribution in [2.45, 2.75) is 31.6 Å². The molecule has 1 saturated carbocycles. The van der Waals surface area contributed by atoms with Crippen LogP contribution in [0.4, 0.5) is 20.5 Å². The van der Waals surface area contributed by atoms with Crippen molar-refractivity contribution in [3.63, 3.8) is 0 Å². The molecule has 7 nitrogen and oxygen atoms in total. The molecule has 9 heteroatoms. The minimum absolute atomic E-state index is 0.0920. The Labute approximate surface area is 172 Å². The summed E-state index contributed by atoms with van der Waals surface area (Å²) in [5.74, 6) is 1.89. The van der Waals surface area contributed by atoms with E-state index < -0.39 is 6.43 Å². The van der Waals surface area contributed by atoms with Crippen LogP contribution < -0.4 is 16.2 Å². The second-order valence-corrected chi connectivity index (χ2v) is 7.35. The van der Waals surface area contributed by atoms with Crippen molar-refractivity contribution in [2.75, 3.05) is 12.8 Å². The number of alkyl halides is 2. The summed E-state index contributed by atoms with van der Waals surface area (Å²) >= 11 is 0. The Bertz CT molecular complexity index is 1080. The molecule has 4 N–H and O–H groups in total. The fraction of sp³-hybridized carbons (Fsp3) is 0.333. The zero-order valence-electron chi connectivity index (χ0n) is 16.4. The number of fused-ring (bicyclic) bond motifs is 1. The van der Waals surface area contributed by atoms with Crippen LogP contribution in [-0.2, 0) is 6.42 Å². The first kappa shape index (κ1) is 19.9. The molecule has 156 valence electrons. The summed E-state index contributed by atoms with van der Waals surface area (Å²) in [4.78, 5) is 17.3. The van der Waals surface area contributed by atoms with Crippen molar-refractivity contribution in [2.24, 2.45) is 16.6 Å². The third-order valence-corrected chi connectivity index (χ3v) is 5.35. The normalized spacial score (nSPS) is 19.1. The fourth-order valence-electron chi connectivity index (χ4n) is 3.67. The molecule has 0 radical (unpaired) electrons. The van der Waals surface area contributed by atoms with E-state index in [0.717, 1.165) is 18.5 Å². The van der Waals surface area contributed by atoms with Crippen molar-refractivity contribution >= 4 is 28.5 Å². The van der Waals surface area contributed by atoms with Crippen LogP contribution in [0.1, 0.15) is 30.0 Å². The van der Waals surface area contributed by atoms with Crippen molar-refractivity contribution in [3.8, 4) is 5.75 Å². The van der Waals surface area contributed by atoms with Gasteiger partial charge in [0.15, 0.2) is 5.82 Å². The van der Waals surface area contributed by atoms with Crippen LogP contribution in [0.2, 0.25) is 0 Å². The highest BCUT2D eigenvalue weighted by Crippen LogP contribution is 2.41. The molecule has 0 bridgehead atoms. The molecule has 3 aromatic rings. The lowest BCUT2D eigenvalue weighted by Gasteiger charge is -2.34. The van der Waals surface area contributed by atoms with Crippen LogP contribution in [0, 0.1) is 5.92 Å². The summed E-state index contributed by atoms with van der Waals surface area (Å²) in [6.07, 6.45) is 0.460. The lowest BCUT2D eigenvalue weighted by Crippen LogP contribution is -2.34. The van der Waals surface area contributed by atoms with Crippen LogP contribution in [0.5, 0.6) is 5.75 Å². The Kier molecular flexibility index (Phi) is 5.43. The number of anilines is 1. The summed E-state index contributed by atoms with van der Waals surface area (Å²) in [5, 5.41) is 0.707. The first-order chi connectivity index (χ1) is 14.4. The van der Waals surface area contributed by atoms with Crippen LogP contribution >= 0.6 is 0 Å². The number of aliphatic imine (C=N–C) groups is 1. The first-order valence-electron chi connectivity index (χ1n) is 9.62. The highest BCUT2D eigenvalue weighted by Gasteiger charge is 2.34. The molecule has 0 atom stereocenters. The maximum Gasteiger partial charge on any atom is 0.242 e. The van der Waals surface area contributed by atoms with Gasteiger partial charge in [-0.3, -0.25) is 4.98 Å². The largest absolute Gasteiger partial charge is 0.494 e. The van der Waals surface area contributed by atoms with E-state index in [0.29, 0.717) is 33.9 Å². The zero-order valence-corrected chi connectivity index (χ0v) is 16.4. The van der Waals surface area contributed by atoms with Gasteiger partial charge in [0.1, 0.15) is 17.1 Å². The van der Waals surface area contributed by atoms with Gasteiger partial charge in [-0.05, 0) is 36.6 Å². The number of nitrogens with two attached hydrogens (primary N) is 2. The van der Waals surface area contributed by atoms with Crippen LogP contribution in [-0.4, -0.2) is 34.3 Å². The summed E-state index contributed by atoms with van der Waals surface area (Å²) in [6.45, 7) is 0. The molecule has 0 spiro atoms. The SMILES string of the molecule is COc1cccc2c(N=C(N)C3CC(c4ccc(CC(F)F)cn4)C3)nc(N)nc12. The first-order valence-corrected chi connectivity index (χ1v) is 9.62. The zero-order chi connectivity index (χ0) is 21.3. The monoisotopic (exact) mass is 412 g/mol. The van der Waals surface area contributed by atoms with E-state index in [1.807, 2.05) is 18.2 Å². The summed E-state index contributed by atoms with van der Waals surface area (Å²) in [5.41, 5.74) is 14.1. The highest BCUT2D eigenvalue weighted by atomic mass is 19.3. The van der Waals surface area contributed by atoms with Gasteiger partial charge in [-0.1, -0.05) is 12.1 Å². The Morgan fingerprint density at radius 1 is 1.23 bits per heavy atom. The molecule has 1 aliphatic rings. The minimum atomic E-state index is -2.37. The molecule has 0 unspecified atom stereocenters. The van der Waals surface area contributed by atoms with E-state index in [9.17, 15) is 8.78 Å². The number of amidine groups is 1. The van der Waals surface area contributed by atoms with Gasteiger partial charge in [-0.25, -0.2) is 18.8 Å². The minimum Gasteiger partial charge on any atom is -0.494 e. The number of pyridine rings is 1. The van der Waals surface area contributed by atoms with Crippen LogP contribution in [0.25, 0.3) is 10.9 Å². The van der Waals surface area contributed by atoms with Crippen molar-refractivity contribution in [1.29, 1.82) is 0 Å². The smallest absolute Gasteiger partial charge is 0.242 e. The number of hydrogen-bond donors (Lipinski definition) is 2. The van der Waals surface area contributed by atoms with E-state index >= 15 is 0 Å². The molecule has 1 aliphatic carbocycles. The predicted octanol–water partition coefficient (Wildman–Crippen LogP) is 3.61. The van der Waals surface area contributed by atoms with Gasteiger partial charge in [0.25, 0.3) is 0 Å². The number of benzene rings is 1. The van der Waals surface area contributed by atoms with E-state index in [2.05, 4.69) is 19.9 Å². The Balaban J connectivity index is 1.49. The topological polar surface area (TPSA) is 112 Å². The van der Waals surface area contributed by atoms with E-state index in [1.165, 1.54) is 6.20 Å². The van der Waals surface area contributed by atoms with Crippen molar-refractivity contribution < 1.29 is 13.5 Å². The lowest BCUT2D eigenvalue weighted by atomic mass is 9.72.